The SMILES string of the molecule is CCCc1cc(C(F)(F)F)ccc1/C=C\C(=O)NC(CC)c1cc(F)c(NS(C)(=O)=O)c(F)c1. The highest BCUT2D eigenvalue weighted by Crippen LogP contribution is 2.31. The molecule has 0 saturated carbocycles. The Labute approximate surface area is 195 Å². The molecule has 1 atom stereocenters. The van der Waals surface area contributed by atoms with Crippen molar-refractivity contribution in [2.45, 2.75) is 45.3 Å². The smallest absolute Gasteiger partial charge is 0.346 e. The third kappa shape index (κ3) is 7.54. The average molecular weight is 505 g/mol. The number of benzene rings is 2. The topological polar surface area (TPSA) is 75.3 Å². The fourth-order valence-electron chi connectivity index (χ4n) is 3.31. The van der Waals surface area contributed by atoms with Gasteiger partial charge in [-0.2, -0.15) is 13.2 Å². The third-order valence-corrected chi connectivity index (χ3v) is 5.46. The van der Waals surface area contributed by atoms with Crippen LogP contribution in [0.4, 0.5) is 27.6 Å². The van der Waals surface area contributed by atoms with Crippen molar-refractivity contribution in [3.05, 3.63) is 70.3 Å². The molecule has 2 N–H and O–H groups in total. The molecule has 1 unspecified atom stereocenters. The Morgan fingerprint density at radius 1 is 1.09 bits per heavy atom. The van der Waals surface area contributed by atoms with Gasteiger partial charge >= 0.3 is 6.18 Å². The van der Waals surface area contributed by atoms with Gasteiger partial charge in [-0.05, 0) is 59.9 Å². The van der Waals surface area contributed by atoms with Gasteiger partial charge in [0.2, 0.25) is 15.9 Å². The van der Waals surface area contributed by atoms with E-state index in [1.54, 1.807) is 11.6 Å². The molecule has 0 aromatic heterocycles. The zero-order valence-corrected chi connectivity index (χ0v) is 19.6. The summed E-state index contributed by atoms with van der Waals surface area (Å²) < 4.78 is 91.9. The van der Waals surface area contributed by atoms with E-state index in [2.05, 4.69) is 5.32 Å². The number of sulfonamides is 1. The van der Waals surface area contributed by atoms with E-state index < -0.39 is 51.0 Å². The number of halogens is 5. The van der Waals surface area contributed by atoms with Crippen LogP contribution in [0.25, 0.3) is 6.08 Å². The minimum atomic E-state index is -4.48. The summed E-state index contributed by atoms with van der Waals surface area (Å²) in [7, 11) is -3.90. The molecule has 0 aliphatic heterocycles. The summed E-state index contributed by atoms with van der Waals surface area (Å²) in [6.45, 7) is 3.49. The maximum absolute atomic E-state index is 14.3. The van der Waals surface area contributed by atoms with Crippen molar-refractivity contribution < 1.29 is 35.2 Å². The van der Waals surface area contributed by atoms with Crippen LogP contribution in [0.1, 0.15) is 55.0 Å². The summed E-state index contributed by atoms with van der Waals surface area (Å²) in [5.41, 5.74) is -0.628. The van der Waals surface area contributed by atoms with Gasteiger partial charge in [-0.3, -0.25) is 9.52 Å². The predicted molar refractivity (Wildman–Crippen MR) is 120 cm³/mol. The summed E-state index contributed by atoms with van der Waals surface area (Å²) in [6.07, 6.45) is 0.0445. The molecule has 0 aliphatic rings. The van der Waals surface area contributed by atoms with Crippen LogP contribution >= 0.6 is 0 Å². The normalized spacial score (nSPS) is 13.2. The summed E-state index contributed by atoms with van der Waals surface area (Å²) in [5, 5.41) is 2.58. The Balaban J connectivity index is 2.23. The summed E-state index contributed by atoms with van der Waals surface area (Å²) in [6, 6.07) is 4.31. The summed E-state index contributed by atoms with van der Waals surface area (Å²) >= 11 is 0. The standard InChI is InChI=1S/C23H25F5N2O3S/c1-4-6-15-11-17(23(26,27)28)9-7-14(15)8-10-21(31)29-20(5-2)16-12-18(24)22(19(25)13-16)30-34(3,32)33/h7-13,20,30H,4-6H2,1-3H3,(H,29,31)/b10-8-. The number of hydrogen-bond acceptors (Lipinski definition) is 3. The van der Waals surface area contributed by atoms with Crippen LogP contribution in [0.15, 0.2) is 36.4 Å². The monoisotopic (exact) mass is 504 g/mol. The second kappa shape index (κ2) is 11.0. The van der Waals surface area contributed by atoms with Crippen molar-refractivity contribution in [3.63, 3.8) is 0 Å². The summed E-state index contributed by atoms with van der Waals surface area (Å²) in [5.74, 6) is -2.90. The predicted octanol–water partition coefficient (Wildman–Crippen LogP) is 5.59. The average Bonchev–Trinajstić information content (AvgIpc) is 2.72. The minimum Gasteiger partial charge on any atom is -0.346 e. The van der Waals surface area contributed by atoms with E-state index in [1.807, 2.05) is 6.92 Å². The third-order valence-electron chi connectivity index (χ3n) is 4.88. The van der Waals surface area contributed by atoms with Crippen LogP contribution in [0, 0.1) is 11.6 Å². The van der Waals surface area contributed by atoms with Gasteiger partial charge in [-0.1, -0.05) is 26.3 Å². The van der Waals surface area contributed by atoms with Crippen LogP contribution in [0.3, 0.4) is 0 Å². The van der Waals surface area contributed by atoms with Crippen LogP contribution in [0.5, 0.6) is 0 Å². The van der Waals surface area contributed by atoms with Crippen molar-refractivity contribution in [1.29, 1.82) is 0 Å². The molecule has 186 valence electrons. The second-order valence-corrected chi connectivity index (χ2v) is 9.45. The fourth-order valence-corrected chi connectivity index (χ4v) is 3.88. The number of alkyl halides is 3. The van der Waals surface area contributed by atoms with Crippen molar-refractivity contribution in [2.75, 3.05) is 11.0 Å². The lowest BCUT2D eigenvalue weighted by atomic mass is 9.99. The summed E-state index contributed by atoms with van der Waals surface area (Å²) in [4.78, 5) is 12.4. The largest absolute Gasteiger partial charge is 0.416 e. The zero-order valence-electron chi connectivity index (χ0n) is 18.8. The number of aryl methyl sites for hydroxylation is 1. The fraction of sp³-hybridized carbons (Fsp3) is 0.348. The van der Waals surface area contributed by atoms with Crippen molar-refractivity contribution in [2.24, 2.45) is 0 Å². The molecule has 34 heavy (non-hydrogen) atoms. The minimum absolute atomic E-state index is 0.0829. The zero-order chi connectivity index (χ0) is 25.7. The molecule has 0 aliphatic carbocycles. The van der Waals surface area contributed by atoms with Gasteiger partial charge in [0.15, 0.2) is 11.6 Å². The maximum atomic E-state index is 14.3. The highest BCUT2D eigenvalue weighted by Gasteiger charge is 2.30. The van der Waals surface area contributed by atoms with Crippen LogP contribution in [0.2, 0.25) is 0 Å². The van der Waals surface area contributed by atoms with Crippen molar-refractivity contribution in [1.82, 2.24) is 5.32 Å². The molecule has 0 bridgehead atoms. The maximum Gasteiger partial charge on any atom is 0.416 e. The molecular weight excluding hydrogens is 479 g/mol. The van der Waals surface area contributed by atoms with Gasteiger partial charge in [-0.15, -0.1) is 0 Å². The van der Waals surface area contributed by atoms with Crippen LogP contribution in [-0.2, 0) is 27.4 Å². The molecule has 2 aromatic rings. The number of anilines is 1. The molecule has 0 saturated heterocycles. The number of amides is 1. The Morgan fingerprint density at radius 3 is 2.21 bits per heavy atom. The van der Waals surface area contributed by atoms with E-state index in [0.717, 1.165) is 36.6 Å². The highest BCUT2D eigenvalue weighted by atomic mass is 32.2. The Hall–Kier alpha value is -2.95. The van der Waals surface area contributed by atoms with Crippen molar-refractivity contribution in [3.8, 4) is 0 Å². The van der Waals surface area contributed by atoms with E-state index in [1.165, 1.54) is 12.1 Å². The molecule has 0 radical (unpaired) electrons. The van der Waals surface area contributed by atoms with Gasteiger partial charge in [0, 0.05) is 6.08 Å². The lowest BCUT2D eigenvalue weighted by molar-refractivity contribution is -0.137. The number of carbonyl (C=O) groups is 1. The molecule has 0 heterocycles. The molecule has 0 spiro atoms. The highest BCUT2D eigenvalue weighted by molar-refractivity contribution is 7.92. The Bertz CT molecular complexity index is 1150. The number of nitrogens with one attached hydrogen (secondary N) is 2. The molecule has 5 nitrogen and oxygen atoms in total. The van der Waals surface area contributed by atoms with Gasteiger partial charge in [-0.25, -0.2) is 17.2 Å². The van der Waals surface area contributed by atoms with E-state index >= 15 is 0 Å². The van der Waals surface area contributed by atoms with E-state index in [0.29, 0.717) is 24.0 Å². The number of hydrogen-bond donors (Lipinski definition) is 2. The van der Waals surface area contributed by atoms with Gasteiger partial charge in [0.05, 0.1) is 17.9 Å². The molecule has 2 aromatic carbocycles. The number of rotatable bonds is 9. The van der Waals surface area contributed by atoms with Gasteiger partial charge in [0.1, 0.15) is 5.69 Å². The lowest BCUT2D eigenvalue weighted by Gasteiger charge is -2.18. The molecule has 11 heteroatoms. The Morgan fingerprint density at radius 2 is 1.71 bits per heavy atom. The first kappa shape index (κ1) is 27.3. The van der Waals surface area contributed by atoms with Gasteiger partial charge < -0.3 is 5.32 Å². The Kier molecular flexibility index (Phi) is 8.82. The van der Waals surface area contributed by atoms with Crippen LogP contribution < -0.4 is 10.0 Å². The molecular formula is C23H25F5N2O3S. The second-order valence-electron chi connectivity index (χ2n) is 7.70. The van der Waals surface area contributed by atoms with Crippen LogP contribution in [-0.4, -0.2) is 20.6 Å². The first-order valence-electron chi connectivity index (χ1n) is 10.4. The quantitative estimate of drug-likeness (QED) is 0.345. The molecule has 0 fully saturated rings. The van der Waals surface area contributed by atoms with Gasteiger partial charge in [0.25, 0.3) is 0 Å². The van der Waals surface area contributed by atoms with E-state index in [9.17, 15) is 35.2 Å². The lowest BCUT2D eigenvalue weighted by Crippen LogP contribution is -2.26. The first-order chi connectivity index (χ1) is 15.7. The first-order valence-corrected chi connectivity index (χ1v) is 12.3. The van der Waals surface area contributed by atoms with E-state index in [-0.39, 0.29) is 12.0 Å². The molecule has 2 rings (SSSR count). The number of carbonyl (C=O) groups excluding carboxylic acids is 1. The van der Waals surface area contributed by atoms with Crippen molar-refractivity contribution >= 4 is 27.7 Å². The molecule has 1 amide bonds. The van der Waals surface area contributed by atoms with E-state index in [4.69, 9.17) is 0 Å².